The van der Waals surface area contributed by atoms with Crippen LogP contribution < -0.4 is 5.73 Å². The van der Waals surface area contributed by atoms with Crippen LogP contribution >= 0.6 is 27.3 Å². The number of thiophene rings is 1. The van der Waals surface area contributed by atoms with E-state index in [0.29, 0.717) is 25.2 Å². The van der Waals surface area contributed by atoms with E-state index in [-0.39, 0.29) is 5.78 Å². The molecule has 0 aliphatic rings. The summed E-state index contributed by atoms with van der Waals surface area (Å²) in [5.74, 6) is 0.0314. The van der Waals surface area contributed by atoms with Crippen molar-refractivity contribution >= 4 is 33.0 Å². The van der Waals surface area contributed by atoms with Gasteiger partial charge in [-0.1, -0.05) is 0 Å². The molecule has 4 nitrogen and oxygen atoms in total. The van der Waals surface area contributed by atoms with Crippen molar-refractivity contribution < 1.29 is 4.79 Å². The molecule has 0 atom stereocenters. The lowest BCUT2D eigenvalue weighted by molar-refractivity contribution is 0.0989. The van der Waals surface area contributed by atoms with Gasteiger partial charge in [-0.15, -0.1) is 11.3 Å². The quantitative estimate of drug-likeness (QED) is 0.860. The van der Waals surface area contributed by atoms with E-state index < -0.39 is 0 Å². The molecule has 0 aliphatic heterocycles. The molecule has 0 saturated carbocycles. The van der Waals surface area contributed by atoms with Gasteiger partial charge in [0.25, 0.3) is 0 Å². The van der Waals surface area contributed by atoms with Crippen LogP contribution in [0.5, 0.6) is 0 Å². The highest BCUT2D eigenvalue weighted by Gasteiger charge is 2.12. The van der Waals surface area contributed by atoms with E-state index in [0.717, 1.165) is 9.35 Å². The summed E-state index contributed by atoms with van der Waals surface area (Å²) in [5.41, 5.74) is 5.94. The molecule has 90 valence electrons. The predicted molar refractivity (Wildman–Crippen MR) is 71.3 cm³/mol. The van der Waals surface area contributed by atoms with Gasteiger partial charge in [-0.2, -0.15) is 0 Å². The van der Waals surface area contributed by atoms with Gasteiger partial charge in [0.1, 0.15) is 5.69 Å². The first-order valence-electron chi connectivity index (χ1n) is 5.17. The molecular weight excluding hydrogens is 302 g/mol. The number of nitrogens with zero attached hydrogens (tertiary/aromatic N) is 2. The molecule has 17 heavy (non-hydrogen) atoms. The number of nitrogens with two attached hydrogens (primary N) is 1. The van der Waals surface area contributed by atoms with Crippen LogP contribution in [0.1, 0.15) is 15.4 Å². The molecule has 2 N–H and O–H groups in total. The lowest BCUT2D eigenvalue weighted by atomic mass is 10.2. The Morgan fingerprint density at radius 3 is 3.06 bits per heavy atom. The van der Waals surface area contributed by atoms with Crippen LogP contribution in [0.15, 0.2) is 28.4 Å². The predicted octanol–water partition coefficient (Wildman–Crippen LogP) is 2.09. The molecule has 0 unspecified atom stereocenters. The Hall–Kier alpha value is -0.980. The maximum atomic E-state index is 12.0. The van der Waals surface area contributed by atoms with Crippen molar-refractivity contribution in [3.8, 4) is 0 Å². The van der Waals surface area contributed by atoms with Crippen LogP contribution in [0.4, 0.5) is 0 Å². The standard InChI is InChI=1S/C11H12BrN3OS/c12-8-1-4-17-11(8)5-10(16)9-6-15(3-2-13)7-14-9/h1,4,6-7H,2-3,5,13H2. The molecule has 2 aromatic rings. The molecule has 0 aromatic carbocycles. The fourth-order valence-corrected chi connectivity index (χ4v) is 2.95. The fraction of sp³-hybridized carbons (Fsp3) is 0.273. The zero-order chi connectivity index (χ0) is 12.3. The number of hydrogen-bond acceptors (Lipinski definition) is 4. The van der Waals surface area contributed by atoms with Crippen LogP contribution in [-0.2, 0) is 13.0 Å². The molecule has 0 bridgehead atoms. The highest BCUT2D eigenvalue weighted by Crippen LogP contribution is 2.23. The first-order valence-corrected chi connectivity index (χ1v) is 6.85. The molecule has 0 amide bonds. The van der Waals surface area contributed by atoms with Gasteiger partial charge in [0.15, 0.2) is 5.78 Å². The average Bonchev–Trinajstić information content (AvgIpc) is 2.90. The van der Waals surface area contributed by atoms with Crippen LogP contribution in [0.2, 0.25) is 0 Å². The SMILES string of the molecule is NCCn1cnc(C(=O)Cc2sccc2Br)c1. The Kier molecular flexibility index (Phi) is 4.09. The number of halogens is 1. The zero-order valence-electron chi connectivity index (χ0n) is 9.10. The van der Waals surface area contributed by atoms with Gasteiger partial charge in [0, 0.05) is 35.1 Å². The second kappa shape index (κ2) is 5.57. The second-order valence-corrected chi connectivity index (χ2v) is 5.43. The van der Waals surface area contributed by atoms with E-state index in [9.17, 15) is 4.79 Å². The third-order valence-corrected chi connectivity index (χ3v) is 4.24. The van der Waals surface area contributed by atoms with Gasteiger partial charge in [0.2, 0.25) is 0 Å². The molecule has 6 heteroatoms. The summed E-state index contributed by atoms with van der Waals surface area (Å²) < 4.78 is 2.81. The van der Waals surface area contributed by atoms with E-state index in [4.69, 9.17) is 5.73 Å². The Bertz CT molecular complexity index is 520. The van der Waals surface area contributed by atoms with Crippen molar-refractivity contribution in [2.24, 2.45) is 5.73 Å². The van der Waals surface area contributed by atoms with Crippen molar-refractivity contribution in [1.29, 1.82) is 0 Å². The largest absolute Gasteiger partial charge is 0.335 e. The van der Waals surface area contributed by atoms with Crippen molar-refractivity contribution in [3.63, 3.8) is 0 Å². The average molecular weight is 314 g/mol. The van der Waals surface area contributed by atoms with Gasteiger partial charge >= 0.3 is 0 Å². The molecular formula is C11H12BrN3OS. The molecule has 0 aliphatic carbocycles. The first-order chi connectivity index (χ1) is 8.20. The molecule has 0 saturated heterocycles. The number of Topliss-reactive ketones (excluding diaryl/α,β-unsaturated/α-hetero) is 1. The fourth-order valence-electron chi connectivity index (χ4n) is 1.46. The minimum Gasteiger partial charge on any atom is -0.335 e. The summed E-state index contributed by atoms with van der Waals surface area (Å²) >= 11 is 4.98. The normalized spacial score (nSPS) is 10.7. The summed E-state index contributed by atoms with van der Waals surface area (Å²) in [7, 11) is 0. The summed E-state index contributed by atoms with van der Waals surface area (Å²) in [6, 6.07) is 1.94. The number of aromatic nitrogens is 2. The van der Waals surface area contributed by atoms with Crippen molar-refractivity contribution in [1.82, 2.24) is 9.55 Å². The summed E-state index contributed by atoms with van der Waals surface area (Å²) in [6.45, 7) is 1.23. The van der Waals surface area contributed by atoms with E-state index in [2.05, 4.69) is 20.9 Å². The van der Waals surface area contributed by atoms with Gasteiger partial charge in [-0.05, 0) is 27.4 Å². The highest BCUT2D eigenvalue weighted by atomic mass is 79.9. The topological polar surface area (TPSA) is 60.9 Å². The van der Waals surface area contributed by atoms with E-state index >= 15 is 0 Å². The van der Waals surface area contributed by atoms with E-state index in [1.54, 1.807) is 23.9 Å². The monoisotopic (exact) mass is 313 g/mol. The number of carbonyl (C=O) groups is 1. The van der Waals surface area contributed by atoms with E-state index in [1.165, 1.54) is 0 Å². The number of hydrogen-bond donors (Lipinski definition) is 1. The minimum atomic E-state index is 0.0314. The van der Waals surface area contributed by atoms with Crippen molar-refractivity contribution in [2.45, 2.75) is 13.0 Å². The number of imidazole rings is 1. The lowest BCUT2D eigenvalue weighted by Crippen LogP contribution is -2.08. The van der Waals surface area contributed by atoms with Gasteiger partial charge in [-0.3, -0.25) is 4.79 Å². The third-order valence-electron chi connectivity index (χ3n) is 2.32. The summed E-state index contributed by atoms with van der Waals surface area (Å²) in [5, 5.41) is 1.96. The third kappa shape index (κ3) is 3.02. The smallest absolute Gasteiger partial charge is 0.187 e. The molecule has 2 rings (SSSR count). The number of rotatable bonds is 5. The van der Waals surface area contributed by atoms with Crippen molar-refractivity contribution in [2.75, 3.05) is 6.54 Å². The lowest BCUT2D eigenvalue weighted by Gasteiger charge is -1.97. The summed E-state index contributed by atoms with van der Waals surface area (Å²) in [4.78, 5) is 17.1. The Morgan fingerprint density at radius 2 is 2.41 bits per heavy atom. The van der Waals surface area contributed by atoms with Crippen LogP contribution in [0, 0.1) is 0 Å². The molecule has 0 spiro atoms. The molecule has 0 radical (unpaired) electrons. The Morgan fingerprint density at radius 1 is 1.59 bits per heavy atom. The van der Waals surface area contributed by atoms with Crippen LogP contribution in [-0.4, -0.2) is 21.9 Å². The zero-order valence-corrected chi connectivity index (χ0v) is 11.5. The second-order valence-electron chi connectivity index (χ2n) is 3.58. The maximum Gasteiger partial charge on any atom is 0.187 e. The van der Waals surface area contributed by atoms with Gasteiger partial charge in [0.05, 0.1) is 6.33 Å². The Labute approximate surface area is 112 Å². The van der Waals surface area contributed by atoms with Gasteiger partial charge in [-0.25, -0.2) is 4.98 Å². The molecule has 2 heterocycles. The van der Waals surface area contributed by atoms with E-state index in [1.807, 2.05) is 16.0 Å². The number of ketones is 1. The molecule has 0 fully saturated rings. The number of carbonyl (C=O) groups excluding carboxylic acids is 1. The molecule has 2 aromatic heterocycles. The highest BCUT2D eigenvalue weighted by molar-refractivity contribution is 9.10. The minimum absolute atomic E-state index is 0.0314. The van der Waals surface area contributed by atoms with Gasteiger partial charge < -0.3 is 10.3 Å². The summed E-state index contributed by atoms with van der Waals surface area (Å²) in [6.07, 6.45) is 3.78. The van der Waals surface area contributed by atoms with Crippen LogP contribution in [0.25, 0.3) is 0 Å². The Balaban J connectivity index is 2.07. The maximum absolute atomic E-state index is 12.0. The van der Waals surface area contributed by atoms with Crippen LogP contribution in [0.3, 0.4) is 0 Å². The van der Waals surface area contributed by atoms with Crippen molar-refractivity contribution in [3.05, 3.63) is 39.0 Å². The first kappa shape index (κ1) is 12.5.